The number of nitrogens with one attached hydrogen (secondary N) is 1. The van der Waals surface area contributed by atoms with E-state index in [0.717, 1.165) is 35.1 Å². The maximum atomic E-state index is 11.9. The molecule has 0 aliphatic carbocycles. The van der Waals surface area contributed by atoms with E-state index in [0.29, 0.717) is 36.1 Å². The number of aromatic carboxylic acids is 1. The highest BCUT2D eigenvalue weighted by atomic mass is 35.5. The molecule has 0 aliphatic rings. The van der Waals surface area contributed by atoms with Crippen LogP contribution in [0.3, 0.4) is 0 Å². The van der Waals surface area contributed by atoms with Crippen LogP contribution in [0.15, 0.2) is 67.0 Å². The first-order valence-electron chi connectivity index (χ1n) is 12.1. The molecule has 38 heavy (non-hydrogen) atoms. The van der Waals surface area contributed by atoms with Gasteiger partial charge in [0.1, 0.15) is 17.3 Å². The van der Waals surface area contributed by atoms with Crippen LogP contribution in [-0.4, -0.2) is 46.2 Å². The highest BCUT2D eigenvalue weighted by Gasteiger charge is 2.21. The van der Waals surface area contributed by atoms with Crippen molar-refractivity contribution in [2.45, 2.75) is 32.7 Å². The average molecular weight is 530 g/mol. The Morgan fingerprint density at radius 3 is 2.63 bits per heavy atom. The fourth-order valence-electron chi connectivity index (χ4n) is 4.18. The molecule has 0 spiro atoms. The smallest absolute Gasteiger partial charge is 0.355 e. The molecule has 0 unspecified atom stereocenters. The Bertz CT molecular complexity index is 1540. The van der Waals surface area contributed by atoms with Crippen molar-refractivity contribution < 1.29 is 14.6 Å². The first-order chi connectivity index (χ1) is 18.5. The Kier molecular flexibility index (Phi) is 7.41. The van der Waals surface area contributed by atoms with E-state index in [1.807, 2.05) is 48.5 Å². The van der Waals surface area contributed by atoms with E-state index >= 15 is 0 Å². The molecule has 0 amide bonds. The Labute approximate surface area is 223 Å². The minimum Gasteiger partial charge on any atom is -0.476 e. The van der Waals surface area contributed by atoms with E-state index in [1.165, 1.54) is 0 Å². The number of carboxylic acid groups (broad SMARTS) is 1. The van der Waals surface area contributed by atoms with Crippen molar-refractivity contribution >= 4 is 17.6 Å². The lowest BCUT2D eigenvalue weighted by atomic mass is 9.97. The highest BCUT2D eigenvalue weighted by Crippen LogP contribution is 2.35. The van der Waals surface area contributed by atoms with Gasteiger partial charge in [0.25, 0.3) is 0 Å². The zero-order chi connectivity index (χ0) is 26.5. The third-order valence-corrected chi connectivity index (χ3v) is 6.28. The summed E-state index contributed by atoms with van der Waals surface area (Å²) >= 11 is 6.19. The van der Waals surface area contributed by atoms with Gasteiger partial charge < -0.3 is 14.4 Å². The first-order valence-corrected chi connectivity index (χ1v) is 12.4. The SMILES string of the molecule is CCCCc1nc(Cl)c(C(=O)O)n1Cc1ccc(-c2cc(Oc3cccnc3)ccc2-c2nn[nH]n2)cc1. The van der Waals surface area contributed by atoms with Gasteiger partial charge in [-0.3, -0.25) is 4.98 Å². The van der Waals surface area contributed by atoms with Crippen molar-refractivity contribution in [1.29, 1.82) is 0 Å². The van der Waals surface area contributed by atoms with Crippen LogP contribution in [0.25, 0.3) is 22.5 Å². The number of aromatic amines is 1. The van der Waals surface area contributed by atoms with Gasteiger partial charge in [-0.1, -0.05) is 49.2 Å². The molecule has 0 saturated heterocycles. The van der Waals surface area contributed by atoms with Gasteiger partial charge in [-0.2, -0.15) is 5.21 Å². The third kappa shape index (κ3) is 5.40. The minimum atomic E-state index is -1.10. The lowest BCUT2D eigenvalue weighted by Gasteiger charge is -2.13. The van der Waals surface area contributed by atoms with E-state index in [2.05, 4.69) is 37.5 Å². The highest BCUT2D eigenvalue weighted by molar-refractivity contribution is 6.32. The molecular weight excluding hydrogens is 506 g/mol. The number of aryl methyl sites for hydroxylation is 1. The second-order valence-corrected chi connectivity index (χ2v) is 8.95. The summed E-state index contributed by atoms with van der Waals surface area (Å²) in [5, 5.41) is 24.2. The predicted molar refractivity (Wildman–Crippen MR) is 141 cm³/mol. The summed E-state index contributed by atoms with van der Waals surface area (Å²) in [6, 6.07) is 17.1. The molecule has 192 valence electrons. The lowest BCUT2D eigenvalue weighted by molar-refractivity contribution is 0.0685. The lowest BCUT2D eigenvalue weighted by Crippen LogP contribution is -2.13. The second kappa shape index (κ2) is 11.2. The summed E-state index contributed by atoms with van der Waals surface area (Å²) in [4.78, 5) is 20.3. The summed E-state index contributed by atoms with van der Waals surface area (Å²) in [5.74, 6) is 1.27. The Balaban J connectivity index is 1.48. The van der Waals surface area contributed by atoms with Crippen molar-refractivity contribution in [2.75, 3.05) is 0 Å². The Morgan fingerprint density at radius 1 is 1.11 bits per heavy atom. The summed E-state index contributed by atoms with van der Waals surface area (Å²) in [7, 11) is 0. The molecular formula is C27H24ClN7O3. The van der Waals surface area contributed by atoms with Crippen LogP contribution in [0.1, 0.15) is 41.6 Å². The molecule has 0 bridgehead atoms. The van der Waals surface area contributed by atoms with Crippen LogP contribution in [0.4, 0.5) is 0 Å². The number of hydrogen-bond donors (Lipinski definition) is 2. The van der Waals surface area contributed by atoms with E-state index in [4.69, 9.17) is 16.3 Å². The molecule has 3 aromatic heterocycles. The van der Waals surface area contributed by atoms with Crippen LogP contribution < -0.4 is 4.74 Å². The van der Waals surface area contributed by atoms with Crippen molar-refractivity contribution in [3.63, 3.8) is 0 Å². The van der Waals surface area contributed by atoms with Gasteiger partial charge in [-0.05, 0) is 58.7 Å². The molecule has 2 aromatic carbocycles. The number of H-pyrrole nitrogens is 1. The predicted octanol–water partition coefficient (Wildman–Crippen LogP) is 5.66. The fraction of sp³-hybridized carbons (Fsp3) is 0.185. The van der Waals surface area contributed by atoms with Crippen molar-refractivity contribution in [2.24, 2.45) is 0 Å². The Morgan fingerprint density at radius 2 is 1.95 bits per heavy atom. The maximum Gasteiger partial charge on any atom is 0.355 e. The number of imidazole rings is 1. The molecule has 10 nitrogen and oxygen atoms in total. The van der Waals surface area contributed by atoms with Crippen LogP contribution in [-0.2, 0) is 13.0 Å². The first kappa shape index (κ1) is 25.1. The van der Waals surface area contributed by atoms with Gasteiger partial charge in [-0.15, -0.1) is 10.2 Å². The zero-order valence-electron chi connectivity index (χ0n) is 20.5. The molecule has 2 N–H and O–H groups in total. The molecule has 0 fully saturated rings. The third-order valence-electron chi connectivity index (χ3n) is 6.01. The van der Waals surface area contributed by atoms with Gasteiger partial charge in [0.2, 0.25) is 5.82 Å². The topological polar surface area (TPSA) is 132 Å². The fourth-order valence-corrected chi connectivity index (χ4v) is 4.46. The number of carboxylic acids is 1. The number of rotatable bonds is 10. The molecule has 5 aromatic rings. The van der Waals surface area contributed by atoms with Gasteiger partial charge in [-0.25, -0.2) is 9.78 Å². The largest absolute Gasteiger partial charge is 0.476 e. The molecule has 0 aliphatic heterocycles. The number of halogens is 1. The van der Waals surface area contributed by atoms with Crippen LogP contribution >= 0.6 is 11.6 Å². The van der Waals surface area contributed by atoms with Gasteiger partial charge in [0, 0.05) is 24.7 Å². The average Bonchev–Trinajstić information content (AvgIpc) is 3.56. The van der Waals surface area contributed by atoms with E-state index in [1.54, 1.807) is 23.0 Å². The van der Waals surface area contributed by atoms with Crippen molar-refractivity contribution in [3.05, 3.63) is 89.2 Å². The molecule has 5 rings (SSSR count). The van der Waals surface area contributed by atoms with E-state index in [-0.39, 0.29) is 10.8 Å². The number of unbranched alkanes of at least 4 members (excludes halogenated alkanes) is 1. The standard InChI is InChI=1S/C27H24ClN7O3/c1-2-3-6-23-30-25(28)24(27(36)37)35(23)16-17-7-9-18(10-8-17)22-14-19(38-20-5-4-13-29-15-20)11-12-21(22)26-31-33-34-32-26/h4-5,7-15H,2-3,6,16H2,1H3,(H,36,37)(H,31,32,33,34). The number of tetrazole rings is 1. The number of pyridine rings is 1. The van der Waals surface area contributed by atoms with Gasteiger partial charge in [0.05, 0.1) is 6.20 Å². The molecule has 11 heteroatoms. The number of hydrogen-bond acceptors (Lipinski definition) is 7. The second-order valence-electron chi connectivity index (χ2n) is 8.59. The van der Waals surface area contributed by atoms with Crippen LogP contribution in [0.2, 0.25) is 5.15 Å². The van der Waals surface area contributed by atoms with E-state index in [9.17, 15) is 9.90 Å². The summed E-state index contributed by atoms with van der Waals surface area (Å²) < 4.78 is 7.68. The number of benzene rings is 2. The van der Waals surface area contributed by atoms with Crippen LogP contribution in [0, 0.1) is 0 Å². The van der Waals surface area contributed by atoms with Crippen molar-refractivity contribution in [1.82, 2.24) is 35.2 Å². The summed E-state index contributed by atoms with van der Waals surface area (Å²) in [6.45, 7) is 2.41. The van der Waals surface area contributed by atoms with Gasteiger partial charge in [0.15, 0.2) is 10.8 Å². The number of carbonyl (C=O) groups is 1. The van der Waals surface area contributed by atoms with E-state index < -0.39 is 5.97 Å². The van der Waals surface area contributed by atoms with Gasteiger partial charge >= 0.3 is 5.97 Å². The monoisotopic (exact) mass is 529 g/mol. The van der Waals surface area contributed by atoms with Crippen molar-refractivity contribution in [3.8, 4) is 34.0 Å². The van der Waals surface area contributed by atoms with Crippen LogP contribution in [0.5, 0.6) is 11.5 Å². The molecule has 0 atom stereocenters. The number of aromatic nitrogens is 7. The normalized spacial score (nSPS) is 11.0. The zero-order valence-corrected chi connectivity index (χ0v) is 21.3. The summed E-state index contributed by atoms with van der Waals surface area (Å²) in [6.07, 6.45) is 5.84. The number of nitrogens with zero attached hydrogens (tertiary/aromatic N) is 6. The quantitative estimate of drug-likeness (QED) is 0.237. The maximum absolute atomic E-state index is 11.9. The minimum absolute atomic E-state index is 0.00138. The Hall–Kier alpha value is -4.57. The molecule has 0 saturated carbocycles. The summed E-state index contributed by atoms with van der Waals surface area (Å²) in [5.41, 5.74) is 3.44. The molecule has 3 heterocycles. The number of ether oxygens (including phenoxy) is 1. The molecule has 0 radical (unpaired) electrons.